The van der Waals surface area contributed by atoms with Crippen LogP contribution < -0.4 is 15.8 Å². The van der Waals surface area contributed by atoms with Gasteiger partial charge in [-0.3, -0.25) is 4.98 Å². The number of aliphatic imine (C=N–C) groups is 1. The maximum atomic E-state index is 6.10. The number of hydrogen-bond donors (Lipinski definition) is 2. The van der Waals surface area contributed by atoms with Crippen LogP contribution in [-0.4, -0.2) is 18.1 Å². The minimum atomic E-state index is 0.309. The molecule has 0 atom stereocenters. The fourth-order valence-corrected chi connectivity index (χ4v) is 2.65. The van der Waals surface area contributed by atoms with Crippen molar-refractivity contribution in [3.8, 4) is 5.75 Å². The smallest absolute Gasteiger partial charge is 0.193 e. The number of aromatic nitrogens is 1. The van der Waals surface area contributed by atoms with E-state index in [4.69, 9.17) is 22.1 Å². The molecule has 1 heterocycles. The molecule has 3 aromatic rings. The van der Waals surface area contributed by atoms with E-state index in [0.29, 0.717) is 23.3 Å². The summed E-state index contributed by atoms with van der Waals surface area (Å²) in [5.41, 5.74) is 8.66. The first-order valence-electron chi connectivity index (χ1n) is 7.40. The Balaban J connectivity index is 1.75. The molecule has 24 heavy (non-hydrogen) atoms. The van der Waals surface area contributed by atoms with Gasteiger partial charge in [-0.05, 0) is 29.8 Å². The molecule has 0 fully saturated rings. The third kappa shape index (κ3) is 3.58. The first kappa shape index (κ1) is 16.1. The molecule has 122 valence electrons. The molecular formula is C18H17ClN4O. The van der Waals surface area contributed by atoms with Crippen molar-refractivity contribution in [1.82, 2.24) is 4.98 Å². The Kier molecular flexibility index (Phi) is 4.82. The number of halogens is 1. The van der Waals surface area contributed by atoms with E-state index < -0.39 is 0 Å². The molecule has 3 rings (SSSR count). The molecule has 0 radical (unpaired) electrons. The highest BCUT2D eigenvalue weighted by atomic mass is 35.5. The highest BCUT2D eigenvalue weighted by Gasteiger charge is 2.04. The predicted molar refractivity (Wildman–Crippen MR) is 98.7 cm³/mol. The first-order chi connectivity index (χ1) is 11.7. The van der Waals surface area contributed by atoms with Crippen LogP contribution in [0.3, 0.4) is 0 Å². The third-order valence-corrected chi connectivity index (χ3v) is 3.86. The van der Waals surface area contributed by atoms with E-state index in [1.807, 2.05) is 36.4 Å². The van der Waals surface area contributed by atoms with Gasteiger partial charge in [-0.15, -0.1) is 0 Å². The van der Waals surface area contributed by atoms with E-state index in [9.17, 15) is 0 Å². The SMILES string of the molecule is COc1ccc(NC(N)=NCc2cccc3cccnc23)cc1Cl. The van der Waals surface area contributed by atoms with Crippen molar-refractivity contribution in [2.45, 2.75) is 6.54 Å². The normalized spacial score (nSPS) is 11.5. The lowest BCUT2D eigenvalue weighted by Crippen LogP contribution is -2.22. The number of ether oxygens (including phenoxy) is 1. The minimum absolute atomic E-state index is 0.309. The summed E-state index contributed by atoms with van der Waals surface area (Å²) in [7, 11) is 1.57. The quantitative estimate of drug-likeness (QED) is 0.559. The van der Waals surface area contributed by atoms with Crippen LogP contribution in [0.5, 0.6) is 5.75 Å². The number of hydrogen-bond acceptors (Lipinski definition) is 3. The summed E-state index contributed by atoms with van der Waals surface area (Å²) in [5, 5.41) is 4.61. The molecule has 0 aliphatic carbocycles. The van der Waals surface area contributed by atoms with Crippen molar-refractivity contribution in [3.63, 3.8) is 0 Å². The van der Waals surface area contributed by atoms with Gasteiger partial charge in [-0.25, -0.2) is 4.99 Å². The van der Waals surface area contributed by atoms with Gasteiger partial charge in [0.25, 0.3) is 0 Å². The first-order valence-corrected chi connectivity index (χ1v) is 7.78. The van der Waals surface area contributed by atoms with Gasteiger partial charge in [-0.2, -0.15) is 0 Å². The molecule has 0 amide bonds. The molecule has 2 aromatic carbocycles. The Bertz CT molecular complexity index is 890. The topological polar surface area (TPSA) is 72.5 Å². The zero-order valence-corrected chi connectivity index (χ0v) is 13.9. The third-order valence-electron chi connectivity index (χ3n) is 3.56. The summed E-state index contributed by atoms with van der Waals surface area (Å²) in [6, 6.07) is 15.3. The van der Waals surface area contributed by atoms with Crippen molar-refractivity contribution >= 4 is 34.2 Å². The number of para-hydroxylation sites is 1. The summed E-state index contributed by atoms with van der Waals surface area (Å²) in [6.45, 7) is 0.442. The summed E-state index contributed by atoms with van der Waals surface area (Å²) < 4.78 is 5.12. The van der Waals surface area contributed by atoms with E-state index in [2.05, 4.69) is 15.3 Å². The van der Waals surface area contributed by atoms with Gasteiger partial charge in [0.15, 0.2) is 5.96 Å². The molecule has 0 aliphatic rings. The van der Waals surface area contributed by atoms with Gasteiger partial charge in [-0.1, -0.05) is 35.9 Å². The van der Waals surface area contributed by atoms with Gasteiger partial charge in [0, 0.05) is 17.3 Å². The van der Waals surface area contributed by atoms with E-state index in [0.717, 1.165) is 22.2 Å². The number of anilines is 1. The van der Waals surface area contributed by atoms with Crippen molar-refractivity contribution in [2.75, 3.05) is 12.4 Å². The van der Waals surface area contributed by atoms with E-state index >= 15 is 0 Å². The zero-order valence-electron chi connectivity index (χ0n) is 13.2. The maximum Gasteiger partial charge on any atom is 0.193 e. The van der Waals surface area contributed by atoms with Gasteiger partial charge < -0.3 is 15.8 Å². The van der Waals surface area contributed by atoms with E-state index in [1.54, 1.807) is 25.4 Å². The minimum Gasteiger partial charge on any atom is -0.495 e. The second kappa shape index (κ2) is 7.19. The number of guanidine groups is 1. The standard InChI is InChI=1S/C18H17ClN4O/c1-24-16-8-7-14(10-15(16)19)23-18(20)22-11-13-5-2-4-12-6-3-9-21-17(12)13/h2-10H,11H2,1H3,(H3,20,22,23). The fourth-order valence-electron chi connectivity index (χ4n) is 2.40. The number of nitrogens with two attached hydrogens (primary N) is 1. The molecule has 3 N–H and O–H groups in total. The average molecular weight is 341 g/mol. The van der Waals surface area contributed by atoms with Crippen molar-refractivity contribution in [2.24, 2.45) is 10.7 Å². The van der Waals surface area contributed by atoms with Crippen LogP contribution in [0.1, 0.15) is 5.56 Å². The van der Waals surface area contributed by atoms with Crippen LogP contribution in [0.2, 0.25) is 5.02 Å². The molecule has 5 nitrogen and oxygen atoms in total. The Morgan fingerprint density at radius 2 is 2.08 bits per heavy atom. The molecule has 0 aliphatic heterocycles. The van der Waals surface area contributed by atoms with Crippen LogP contribution in [0.25, 0.3) is 10.9 Å². The van der Waals surface area contributed by atoms with Crippen molar-refractivity contribution in [1.29, 1.82) is 0 Å². The van der Waals surface area contributed by atoms with Crippen LogP contribution in [0, 0.1) is 0 Å². The molecule has 0 unspecified atom stereocenters. The van der Waals surface area contributed by atoms with Crippen LogP contribution in [-0.2, 0) is 6.54 Å². The number of fused-ring (bicyclic) bond motifs is 1. The summed E-state index contributed by atoms with van der Waals surface area (Å²) in [4.78, 5) is 8.79. The molecular weight excluding hydrogens is 324 g/mol. The number of benzene rings is 2. The van der Waals surface area contributed by atoms with Gasteiger partial charge >= 0.3 is 0 Å². The lowest BCUT2D eigenvalue weighted by molar-refractivity contribution is 0.415. The Labute approximate surface area is 145 Å². The summed E-state index contributed by atoms with van der Waals surface area (Å²) in [6.07, 6.45) is 1.77. The number of pyridine rings is 1. The van der Waals surface area contributed by atoms with Crippen LogP contribution in [0.4, 0.5) is 5.69 Å². The predicted octanol–water partition coefficient (Wildman–Crippen LogP) is 3.82. The zero-order chi connectivity index (χ0) is 16.9. The number of methoxy groups -OCH3 is 1. The van der Waals surface area contributed by atoms with Crippen LogP contribution >= 0.6 is 11.6 Å². The van der Waals surface area contributed by atoms with Crippen LogP contribution in [0.15, 0.2) is 59.7 Å². The lowest BCUT2D eigenvalue weighted by Gasteiger charge is -2.09. The fraction of sp³-hybridized carbons (Fsp3) is 0.111. The highest BCUT2D eigenvalue weighted by molar-refractivity contribution is 6.32. The largest absolute Gasteiger partial charge is 0.495 e. The second-order valence-corrected chi connectivity index (χ2v) is 5.58. The van der Waals surface area contributed by atoms with Gasteiger partial charge in [0.05, 0.1) is 24.2 Å². The van der Waals surface area contributed by atoms with E-state index in [-0.39, 0.29) is 0 Å². The van der Waals surface area contributed by atoms with Gasteiger partial charge in [0.2, 0.25) is 0 Å². The lowest BCUT2D eigenvalue weighted by atomic mass is 10.1. The van der Waals surface area contributed by atoms with Crippen molar-refractivity contribution < 1.29 is 4.74 Å². The number of rotatable bonds is 4. The summed E-state index contributed by atoms with van der Waals surface area (Å²) in [5.74, 6) is 0.920. The van der Waals surface area contributed by atoms with E-state index in [1.165, 1.54) is 0 Å². The van der Waals surface area contributed by atoms with Gasteiger partial charge in [0.1, 0.15) is 5.75 Å². The van der Waals surface area contributed by atoms with Crippen molar-refractivity contribution in [3.05, 3.63) is 65.3 Å². The maximum absolute atomic E-state index is 6.10. The highest BCUT2D eigenvalue weighted by Crippen LogP contribution is 2.27. The summed E-state index contributed by atoms with van der Waals surface area (Å²) >= 11 is 6.10. The molecule has 0 spiro atoms. The molecule has 0 saturated carbocycles. The molecule has 0 saturated heterocycles. The number of nitrogens with zero attached hydrogens (tertiary/aromatic N) is 2. The molecule has 6 heteroatoms. The Morgan fingerprint density at radius 3 is 2.88 bits per heavy atom. The average Bonchev–Trinajstić information content (AvgIpc) is 2.60. The monoisotopic (exact) mass is 340 g/mol. The second-order valence-electron chi connectivity index (χ2n) is 5.17. The molecule has 0 bridgehead atoms. The number of nitrogens with one attached hydrogen (secondary N) is 1. The Morgan fingerprint density at radius 1 is 1.25 bits per heavy atom. The Hall–Kier alpha value is -2.79. The molecule has 1 aromatic heterocycles.